The van der Waals surface area contributed by atoms with Crippen LogP contribution in [-0.2, 0) is 16.1 Å². The Balaban J connectivity index is 1.69. The summed E-state index contributed by atoms with van der Waals surface area (Å²) in [7, 11) is 0. The van der Waals surface area contributed by atoms with Gasteiger partial charge in [0, 0.05) is 22.0 Å². The Hall–Kier alpha value is -2.86. The summed E-state index contributed by atoms with van der Waals surface area (Å²) in [5, 5.41) is 1.10. The molecule has 1 aromatic heterocycles. The van der Waals surface area contributed by atoms with Crippen LogP contribution in [0.1, 0.15) is 11.1 Å². The van der Waals surface area contributed by atoms with Crippen molar-refractivity contribution in [2.45, 2.75) is 13.5 Å². The molecule has 0 spiro atoms. The Morgan fingerprint density at radius 3 is 2.65 bits per heavy atom. The number of rotatable bonds is 5. The summed E-state index contributed by atoms with van der Waals surface area (Å²) in [5.74, 6) is -0.686. The molecule has 0 N–H and O–H groups in total. The number of fused-ring (bicyclic) bond motifs is 1. The van der Waals surface area contributed by atoms with E-state index in [-0.39, 0.29) is 13.2 Å². The quantitative estimate of drug-likeness (QED) is 0.497. The van der Waals surface area contributed by atoms with Gasteiger partial charge in [-0.3, -0.25) is 0 Å². The first-order valence-corrected chi connectivity index (χ1v) is 8.07. The highest BCUT2D eigenvalue weighted by atomic mass is 35.5. The van der Waals surface area contributed by atoms with Crippen LogP contribution in [0.5, 0.6) is 5.75 Å². The molecule has 26 heavy (non-hydrogen) atoms. The Bertz CT molecular complexity index is 1010. The Kier molecular flexibility index (Phi) is 5.23. The predicted molar refractivity (Wildman–Crippen MR) is 93.9 cm³/mol. The van der Waals surface area contributed by atoms with Crippen LogP contribution in [0, 0.1) is 12.7 Å². The summed E-state index contributed by atoms with van der Waals surface area (Å²) in [6.07, 6.45) is 0. The van der Waals surface area contributed by atoms with Crippen LogP contribution in [0.25, 0.3) is 11.0 Å². The van der Waals surface area contributed by atoms with E-state index in [0.717, 1.165) is 5.56 Å². The topological polar surface area (TPSA) is 65.7 Å². The molecule has 3 aromatic rings. The molecule has 0 amide bonds. The number of hydrogen-bond donors (Lipinski definition) is 0. The molecule has 0 saturated heterocycles. The molecule has 0 radical (unpaired) electrons. The molecule has 0 aliphatic carbocycles. The highest BCUT2D eigenvalue weighted by Gasteiger charge is 2.11. The van der Waals surface area contributed by atoms with Crippen LogP contribution in [0.2, 0.25) is 5.02 Å². The number of carbonyl (C=O) groups is 1. The highest BCUT2D eigenvalue weighted by Crippen LogP contribution is 2.25. The van der Waals surface area contributed by atoms with Gasteiger partial charge in [-0.25, -0.2) is 14.0 Å². The van der Waals surface area contributed by atoms with Gasteiger partial charge in [0.05, 0.1) is 0 Å². The van der Waals surface area contributed by atoms with Gasteiger partial charge >= 0.3 is 11.6 Å². The van der Waals surface area contributed by atoms with Gasteiger partial charge in [-0.1, -0.05) is 11.6 Å². The average molecular weight is 377 g/mol. The summed E-state index contributed by atoms with van der Waals surface area (Å²) in [5.41, 5.74) is 1.07. The Morgan fingerprint density at radius 1 is 1.19 bits per heavy atom. The van der Waals surface area contributed by atoms with Crippen LogP contribution in [-0.4, -0.2) is 12.6 Å². The van der Waals surface area contributed by atoms with Gasteiger partial charge in [0.2, 0.25) is 0 Å². The summed E-state index contributed by atoms with van der Waals surface area (Å²) in [4.78, 5) is 23.5. The van der Waals surface area contributed by atoms with E-state index in [2.05, 4.69) is 0 Å². The third kappa shape index (κ3) is 4.21. The van der Waals surface area contributed by atoms with Gasteiger partial charge in [-0.15, -0.1) is 0 Å². The zero-order valence-corrected chi connectivity index (χ0v) is 14.5. The van der Waals surface area contributed by atoms with E-state index < -0.39 is 17.4 Å². The monoisotopic (exact) mass is 376 g/mol. The molecule has 0 bridgehead atoms. The Morgan fingerprint density at radius 2 is 1.92 bits per heavy atom. The number of halogens is 2. The van der Waals surface area contributed by atoms with Gasteiger partial charge in [-0.05, 0) is 48.9 Å². The van der Waals surface area contributed by atoms with E-state index in [0.29, 0.717) is 27.3 Å². The SMILES string of the molecule is Cc1cc2oc(=O)cc(COC(=O)COc3ccc(F)cc3)c2cc1Cl. The molecule has 5 nitrogen and oxygen atoms in total. The molecular weight excluding hydrogens is 363 g/mol. The molecule has 0 saturated carbocycles. The maximum absolute atomic E-state index is 12.8. The standard InChI is InChI=1S/C19H14ClFO5/c1-11-6-17-15(8-16(11)20)12(7-18(22)26-17)9-25-19(23)10-24-14-4-2-13(21)3-5-14/h2-8H,9-10H2,1H3. The van der Waals surface area contributed by atoms with E-state index in [4.69, 9.17) is 25.5 Å². The van der Waals surface area contributed by atoms with Crippen molar-refractivity contribution in [2.75, 3.05) is 6.61 Å². The number of hydrogen-bond acceptors (Lipinski definition) is 5. The average Bonchev–Trinajstić information content (AvgIpc) is 2.60. The minimum atomic E-state index is -0.631. The molecule has 7 heteroatoms. The van der Waals surface area contributed by atoms with Gasteiger partial charge in [-0.2, -0.15) is 0 Å². The van der Waals surface area contributed by atoms with Gasteiger partial charge in [0.25, 0.3) is 0 Å². The van der Waals surface area contributed by atoms with E-state index in [1.807, 2.05) is 0 Å². The summed E-state index contributed by atoms with van der Waals surface area (Å²) in [6.45, 7) is 1.32. The molecule has 0 aliphatic heterocycles. The zero-order chi connectivity index (χ0) is 18.7. The number of aryl methyl sites for hydroxylation is 1. The molecule has 0 aliphatic rings. The molecule has 2 aromatic carbocycles. The fourth-order valence-electron chi connectivity index (χ4n) is 2.34. The van der Waals surface area contributed by atoms with Gasteiger partial charge in [0.1, 0.15) is 23.8 Å². The van der Waals surface area contributed by atoms with E-state index >= 15 is 0 Å². The second-order valence-corrected chi connectivity index (χ2v) is 6.00. The lowest BCUT2D eigenvalue weighted by atomic mass is 10.1. The van der Waals surface area contributed by atoms with Crippen molar-refractivity contribution in [1.29, 1.82) is 0 Å². The van der Waals surface area contributed by atoms with E-state index in [1.165, 1.54) is 30.3 Å². The van der Waals surface area contributed by atoms with Crippen LogP contribution >= 0.6 is 11.6 Å². The number of benzene rings is 2. The van der Waals surface area contributed by atoms with Crippen LogP contribution in [0.3, 0.4) is 0 Å². The van der Waals surface area contributed by atoms with Crippen molar-refractivity contribution < 1.29 is 23.1 Å². The fraction of sp³-hybridized carbons (Fsp3) is 0.158. The maximum atomic E-state index is 12.8. The lowest BCUT2D eigenvalue weighted by Crippen LogP contribution is -2.15. The highest BCUT2D eigenvalue weighted by molar-refractivity contribution is 6.32. The molecule has 1 heterocycles. The maximum Gasteiger partial charge on any atom is 0.344 e. The first kappa shape index (κ1) is 17.9. The van der Waals surface area contributed by atoms with Gasteiger partial charge in [0.15, 0.2) is 6.61 Å². The molecule has 3 rings (SSSR count). The second kappa shape index (κ2) is 7.58. The van der Waals surface area contributed by atoms with Crippen LogP contribution in [0.15, 0.2) is 51.7 Å². The largest absolute Gasteiger partial charge is 0.482 e. The van der Waals surface area contributed by atoms with Gasteiger partial charge < -0.3 is 13.9 Å². The third-order valence-electron chi connectivity index (χ3n) is 3.67. The summed E-state index contributed by atoms with van der Waals surface area (Å²) < 4.78 is 28.3. The molecule has 134 valence electrons. The predicted octanol–water partition coefficient (Wildman–Crippen LogP) is 4.02. The van der Waals surface area contributed by atoms with Crippen molar-refractivity contribution in [3.05, 3.63) is 74.9 Å². The summed E-state index contributed by atoms with van der Waals surface area (Å²) >= 11 is 6.12. The Labute approximate surface area is 152 Å². The lowest BCUT2D eigenvalue weighted by Gasteiger charge is -2.09. The smallest absolute Gasteiger partial charge is 0.344 e. The lowest BCUT2D eigenvalue weighted by molar-refractivity contribution is -0.147. The first-order valence-electron chi connectivity index (χ1n) is 7.69. The van der Waals surface area contributed by atoms with Crippen molar-refractivity contribution in [3.63, 3.8) is 0 Å². The number of ether oxygens (including phenoxy) is 2. The van der Waals surface area contributed by atoms with Crippen molar-refractivity contribution in [2.24, 2.45) is 0 Å². The minimum absolute atomic E-state index is 0.132. The molecule has 0 unspecified atom stereocenters. The number of esters is 1. The minimum Gasteiger partial charge on any atom is -0.482 e. The zero-order valence-electron chi connectivity index (χ0n) is 13.8. The van der Waals surface area contributed by atoms with E-state index in [1.54, 1.807) is 19.1 Å². The van der Waals surface area contributed by atoms with Crippen molar-refractivity contribution in [1.82, 2.24) is 0 Å². The molecule has 0 fully saturated rings. The first-order chi connectivity index (χ1) is 12.4. The summed E-state index contributed by atoms with van der Waals surface area (Å²) in [6, 6.07) is 9.83. The van der Waals surface area contributed by atoms with E-state index in [9.17, 15) is 14.0 Å². The normalized spacial score (nSPS) is 10.7. The van der Waals surface area contributed by atoms with Crippen molar-refractivity contribution in [3.8, 4) is 5.75 Å². The van der Waals surface area contributed by atoms with Crippen LogP contribution in [0.4, 0.5) is 4.39 Å². The number of carbonyl (C=O) groups excluding carboxylic acids is 1. The van der Waals surface area contributed by atoms with Crippen LogP contribution < -0.4 is 10.4 Å². The molecular formula is C19H14ClFO5. The third-order valence-corrected chi connectivity index (χ3v) is 4.08. The second-order valence-electron chi connectivity index (χ2n) is 5.59. The van der Waals surface area contributed by atoms with Crippen molar-refractivity contribution >= 4 is 28.5 Å². The molecule has 0 atom stereocenters. The fourth-order valence-corrected chi connectivity index (χ4v) is 2.50.